The van der Waals surface area contributed by atoms with E-state index in [1.54, 1.807) is 6.33 Å². The second-order valence-electron chi connectivity index (χ2n) is 9.27. The Morgan fingerprint density at radius 2 is 2.13 bits per heavy atom. The number of hydrazone groups is 1. The van der Waals surface area contributed by atoms with Gasteiger partial charge in [0.05, 0.1) is 11.6 Å². The summed E-state index contributed by atoms with van der Waals surface area (Å²) in [5, 5.41) is 6.91. The van der Waals surface area contributed by atoms with Crippen LogP contribution in [0.5, 0.6) is 0 Å². The molecule has 0 aliphatic heterocycles. The highest BCUT2D eigenvalue weighted by Crippen LogP contribution is 2.45. The molecule has 1 atom stereocenters. The number of rotatable bonds is 5. The van der Waals surface area contributed by atoms with Crippen LogP contribution in [0.25, 0.3) is 21.1 Å². The van der Waals surface area contributed by atoms with Crippen LogP contribution in [-0.2, 0) is 12.8 Å². The number of hydrogen-bond donors (Lipinski definition) is 2. The predicted molar refractivity (Wildman–Crippen MR) is 131 cm³/mol. The van der Waals surface area contributed by atoms with Crippen LogP contribution in [0.4, 0.5) is 5.82 Å². The Morgan fingerprint density at radius 3 is 2.97 bits per heavy atom. The molecule has 6 heteroatoms. The summed E-state index contributed by atoms with van der Waals surface area (Å²) in [5.41, 5.74) is 8.35. The molecule has 2 N–H and O–H groups in total. The van der Waals surface area contributed by atoms with E-state index in [4.69, 9.17) is 0 Å². The van der Waals surface area contributed by atoms with Crippen LogP contribution < -0.4 is 5.43 Å². The number of benzene rings is 1. The average Bonchev–Trinajstić information content (AvgIpc) is 3.31. The van der Waals surface area contributed by atoms with Gasteiger partial charge < -0.3 is 4.98 Å². The van der Waals surface area contributed by atoms with E-state index >= 15 is 0 Å². The number of nitrogens with zero attached hydrogens (tertiary/aromatic N) is 3. The molecular formula is C25H29N5S. The van der Waals surface area contributed by atoms with Crippen molar-refractivity contribution in [1.29, 1.82) is 0 Å². The van der Waals surface area contributed by atoms with E-state index in [2.05, 4.69) is 71.4 Å². The minimum Gasteiger partial charge on any atom is -0.358 e. The molecule has 0 saturated carbocycles. The molecule has 160 valence electrons. The van der Waals surface area contributed by atoms with Crippen molar-refractivity contribution in [2.24, 2.45) is 16.4 Å². The highest BCUT2D eigenvalue weighted by atomic mass is 32.1. The summed E-state index contributed by atoms with van der Waals surface area (Å²) in [6, 6.07) is 8.31. The van der Waals surface area contributed by atoms with Gasteiger partial charge in [-0.25, -0.2) is 9.97 Å². The molecule has 0 bridgehead atoms. The Labute approximate surface area is 187 Å². The number of thiophene rings is 1. The molecule has 31 heavy (non-hydrogen) atoms. The second kappa shape index (κ2) is 7.75. The molecule has 4 aromatic rings. The Hall–Kier alpha value is -2.73. The smallest absolute Gasteiger partial charge is 0.158 e. The van der Waals surface area contributed by atoms with Crippen molar-refractivity contribution >= 4 is 44.5 Å². The van der Waals surface area contributed by atoms with Crippen molar-refractivity contribution in [3.63, 3.8) is 0 Å². The Morgan fingerprint density at radius 1 is 1.29 bits per heavy atom. The molecule has 3 aromatic heterocycles. The molecule has 1 unspecified atom stereocenters. The molecule has 0 saturated heterocycles. The fourth-order valence-corrected chi connectivity index (χ4v) is 5.95. The molecule has 0 fully saturated rings. The van der Waals surface area contributed by atoms with Gasteiger partial charge in [0.15, 0.2) is 5.82 Å². The molecular weight excluding hydrogens is 402 g/mol. The average molecular weight is 432 g/mol. The monoisotopic (exact) mass is 431 g/mol. The number of aryl methyl sites for hydroxylation is 2. The van der Waals surface area contributed by atoms with E-state index in [1.165, 1.54) is 28.7 Å². The van der Waals surface area contributed by atoms with Gasteiger partial charge in [-0.2, -0.15) is 5.10 Å². The number of para-hydroxylation sites is 1. The van der Waals surface area contributed by atoms with Crippen LogP contribution in [0, 0.1) is 18.3 Å². The topological polar surface area (TPSA) is 66.0 Å². The van der Waals surface area contributed by atoms with Crippen LogP contribution >= 0.6 is 11.3 Å². The van der Waals surface area contributed by atoms with E-state index in [0.29, 0.717) is 11.3 Å². The van der Waals surface area contributed by atoms with E-state index in [-0.39, 0.29) is 0 Å². The van der Waals surface area contributed by atoms with E-state index in [0.717, 1.165) is 45.7 Å². The zero-order valence-electron chi connectivity index (χ0n) is 18.6. The number of anilines is 1. The third-order valence-electron chi connectivity index (χ3n) is 7.17. The zero-order valence-corrected chi connectivity index (χ0v) is 19.4. The third kappa shape index (κ3) is 3.53. The van der Waals surface area contributed by atoms with Gasteiger partial charge in [-0.15, -0.1) is 11.3 Å². The van der Waals surface area contributed by atoms with Gasteiger partial charge in [0, 0.05) is 27.0 Å². The fraction of sp³-hybridized carbons (Fsp3) is 0.400. The van der Waals surface area contributed by atoms with Gasteiger partial charge in [-0.3, -0.25) is 5.43 Å². The number of hydrogen-bond acceptors (Lipinski definition) is 5. The van der Waals surface area contributed by atoms with Crippen molar-refractivity contribution < 1.29 is 0 Å². The minimum absolute atomic E-state index is 0.347. The highest BCUT2D eigenvalue weighted by molar-refractivity contribution is 7.19. The molecule has 1 aromatic carbocycles. The second-order valence-corrected chi connectivity index (χ2v) is 10.4. The van der Waals surface area contributed by atoms with Crippen LogP contribution in [-0.4, -0.2) is 21.2 Å². The standard InChI is InChI=1S/C25H29N5S/c1-5-25(3,4)16-10-11-21-18(12-16)22-23(26-14-27-24(22)31-21)30-28-13-19-15(2)29-20-9-7-6-8-17(19)20/h6-9,13-14,16,29H,5,10-12H2,1-4H3,(H,26,27,30)/b28-13+. The van der Waals surface area contributed by atoms with Crippen LogP contribution in [0.1, 0.15) is 55.3 Å². The first-order valence-electron chi connectivity index (χ1n) is 11.1. The van der Waals surface area contributed by atoms with Crippen molar-refractivity contribution in [3.8, 4) is 0 Å². The molecule has 1 aliphatic carbocycles. The maximum atomic E-state index is 4.58. The summed E-state index contributed by atoms with van der Waals surface area (Å²) < 4.78 is 0. The van der Waals surface area contributed by atoms with Gasteiger partial charge in [-0.1, -0.05) is 45.4 Å². The van der Waals surface area contributed by atoms with Gasteiger partial charge >= 0.3 is 0 Å². The summed E-state index contributed by atoms with van der Waals surface area (Å²) in [5.74, 6) is 1.50. The summed E-state index contributed by atoms with van der Waals surface area (Å²) >= 11 is 1.82. The highest BCUT2D eigenvalue weighted by Gasteiger charge is 2.33. The predicted octanol–water partition coefficient (Wildman–Crippen LogP) is 6.47. The maximum absolute atomic E-state index is 4.58. The van der Waals surface area contributed by atoms with Crippen molar-refractivity contribution in [1.82, 2.24) is 15.0 Å². The van der Waals surface area contributed by atoms with Gasteiger partial charge in [0.25, 0.3) is 0 Å². The molecule has 3 heterocycles. The molecule has 5 rings (SSSR count). The van der Waals surface area contributed by atoms with Gasteiger partial charge in [0.2, 0.25) is 0 Å². The lowest BCUT2D eigenvalue weighted by Gasteiger charge is -2.36. The zero-order chi connectivity index (χ0) is 21.6. The van der Waals surface area contributed by atoms with Crippen molar-refractivity contribution in [2.75, 3.05) is 5.43 Å². The number of fused-ring (bicyclic) bond motifs is 4. The minimum atomic E-state index is 0.347. The maximum Gasteiger partial charge on any atom is 0.158 e. The van der Waals surface area contributed by atoms with E-state index < -0.39 is 0 Å². The lowest BCUT2D eigenvalue weighted by atomic mass is 9.69. The normalized spacial score (nSPS) is 17.0. The molecule has 1 aliphatic rings. The van der Waals surface area contributed by atoms with Crippen LogP contribution in [0.2, 0.25) is 0 Å². The molecule has 0 spiro atoms. The first-order chi connectivity index (χ1) is 15.0. The lowest BCUT2D eigenvalue weighted by molar-refractivity contribution is 0.184. The SMILES string of the molecule is CCC(C)(C)C1CCc2sc3ncnc(N/N=C/c4c(C)[nH]c5ccccc45)c3c2C1. The fourth-order valence-electron chi connectivity index (χ4n) is 4.77. The summed E-state index contributed by atoms with van der Waals surface area (Å²) in [6.45, 7) is 9.19. The first kappa shape index (κ1) is 20.2. The van der Waals surface area contributed by atoms with Crippen molar-refractivity contribution in [2.45, 2.75) is 53.4 Å². The van der Waals surface area contributed by atoms with E-state index in [1.807, 2.05) is 23.6 Å². The lowest BCUT2D eigenvalue weighted by Crippen LogP contribution is -2.28. The number of aromatic nitrogens is 3. The summed E-state index contributed by atoms with van der Waals surface area (Å²) in [6.07, 6.45) is 8.24. The van der Waals surface area contributed by atoms with E-state index in [9.17, 15) is 0 Å². The van der Waals surface area contributed by atoms with Gasteiger partial charge in [0.1, 0.15) is 11.2 Å². The summed E-state index contributed by atoms with van der Waals surface area (Å²) in [4.78, 5) is 15.1. The summed E-state index contributed by atoms with van der Waals surface area (Å²) in [7, 11) is 0. The largest absolute Gasteiger partial charge is 0.358 e. The Balaban J connectivity index is 1.48. The number of H-pyrrole nitrogens is 1. The third-order valence-corrected chi connectivity index (χ3v) is 8.36. The Bertz CT molecular complexity index is 1280. The number of aromatic amines is 1. The molecule has 0 radical (unpaired) electrons. The number of nitrogens with one attached hydrogen (secondary N) is 2. The first-order valence-corrected chi connectivity index (χ1v) is 11.9. The van der Waals surface area contributed by atoms with Crippen LogP contribution in [0.3, 0.4) is 0 Å². The molecule has 5 nitrogen and oxygen atoms in total. The van der Waals surface area contributed by atoms with Gasteiger partial charge in [-0.05, 0) is 49.1 Å². The molecule has 0 amide bonds. The van der Waals surface area contributed by atoms with Crippen molar-refractivity contribution in [3.05, 3.63) is 52.3 Å². The van der Waals surface area contributed by atoms with Crippen LogP contribution in [0.15, 0.2) is 35.7 Å². The Kier molecular flexibility index (Phi) is 5.05. The quantitative estimate of drug-likeness (QED) is 0.281.